The summed E-state index contributed by atoms with van der Waals surface area (Å²) in [5.74, 6) is -0.416. The maximum Gasteiger partial charge on any atom is 0.268 e. The molecule has 0 aliphatic carbocycles. The van der Waals surface area contributed by atoms with E-state index in [9.17, 15) is 8.78 Å². The molecule has 0 fully saturated rings. The van der Waals surface area contributed by atoms with Crippen molar-refractivity contribution in [2.24, 2.45) is 11.5 Å². The van der Waals surface area contributed by atoms with Gasteiger partial charge >= 0.3 is 0 Å². The Morgan fingerprint density at radius 2 is 1.67 bits per heavy atom. The summed E-state index contributed by atoms with van der Waals surface area (Å²) in [6.07, 6.45) is 0. The Labute approximate surface area is 191 Å². The number of hydrogen-bond donors (Lipinski definition) is 3. The summed E-state index contributed by atoms with van der Waals surface area (Å²) in [6, 6.07) is 5.12. The summed E-state index contributed by atoms with van der Waals surface area (Å²) < 4.78 is 49.1. The molecule has 3 aromatic rings. The van der Waals surface area contributed by atoms with Gasteiger partial charge in [0.25, 0.3) is 5.89 Å². The molecular formula is C20H20F2N6O4S. The van der Waals surface area contributed by atoms with Gasteiger partial charge in [0.2, 0.25) is 11.6 Å². The first-order chi connectivity index (χ1) is 15.8. The molecule has 10 nitrogen and oxygen atoms in total. The average Bonchev–Trinajstić information content (AvgIpc) is 3.39. The molecule has 0 bridgehead atoms. The summed E-state index contributed by atoms with van der Waals surface area (Å²) in [6.45, 7) is 0. The highest BCUT2D eigenvalue weighted by molar-refractivity contribution is 8.09. The van der Waals surface area contributed by atoms with E-state index >= 15 is 0 Å². The average molecular weight is 478 g/mol. The molecule has 1 atom stereocenters. The lowest BCUT2D eigenvalue weighted by atomic mass is 10.1. The van der Waals surface area contributed by atoms with E-state index in [-0.39, 0.29) is 28.8 Å². The molecule has 2 heterocycles. The lowest BCUT2D eigenvalue weighted by molar-refractivity contribution is 0.324. The number of ether oxygens (including phenoxy) is 3. The molecule has 1 aliphatic heterocycles. The van der Waals surface area contributed by atoms with Crippen molar-refractivity contribution >= 4 is 28.0 Å². The molecule has 0 saturated heterocycles. The first-order valence-corrected chi connectivity index (χ1v) is 10.3. The quantitative estimate of drug-likeness (QED) is 0.449. The molecule has 6 N–H and O–H groups in total. The third kappa shape index (κ3) is 3.85. The molecule has 13 heteroatoms. The van der Waals surface area contributed by atoms with E-state index < -0.39 is 17.1 Å². The second kappa shape index (κ2) is 8.67. The highest BCUT2D eigenvalue weighted by Gasteiger charge is 2.35. The number of rotatable bonds is 6. The van der Waals surface area contributed by atoms with E-state index in [0.29, 0.717) is 33.9 Å². The number of halogens is 2. The fourth-order valence-electron chi connectivity index (χ4n) is 3.29. The number of aromatic nitrogens is 2. The number of methoxy groups -OCH3 is 3. The Morgan fingerprint density at radius 3 is 2.27 bits per heavy atom. The van der Waals surface area contributed by atoms with E-state index in [1.54, 1.807) is 17.0 Å². The first kappa shape index (κ1) is 22.5. The van der Waals surface area contributed by atoms with Crippen molar-refractivity contribution in [1.82, 2.24) is 10.1 Å². The van der Waals surface area contributed by atoms with E-state index in [2.05, 4.69) is 10.1 Å². The van der Waals surface area contributed by atoms with Gasteiger partial charge in [-0.3, -0.25) is 0 Å². The molecule has 0 amide bonds. The topological polar surface area (TPSA) is 148 Å². The van der Waals surface area contributed by atoms with Gasteiger partial charge in [-0.15, -0.1) is 0 Å². The highest BCUT2D eigenvalue weighted by Crippen LogP contribution is 2.47. The van der Waals surface area contributed by atoms with Crippen molar-refractivity contribution in [3.8, 4) is 28.6 Å². The van der Waals surface area contributed by atoms with Crippen LogP contribution in [0.5, 0.6) is 17.2 Å². The number of benzene rings is 2. The monoisotopic (exact) mass is 478 g/mol. The summed E-state index contributed by atoms with van der Waals surface area (Å²) in [7, 11) is 4.48. The summed E-state index contributed by atoms with van der Waals surface area (Å²) in [4.78, 5) is 6.19. The fraction of sp³-hybridized carbons (Fsp3) is 0.200. The van der Waals surface area contributed by atoms with Crippen LogP contribution in [0.4, 0.5) is 20.2 Å². The third-order valence-electron chi connectivity index (χ3n) is 4.86. The van der Waals surface area contributed by atoms with Crippen molar-refractivity contribution < 1.29 is 27.5 Å². The van der Waals surface area contributed by atoms with Crippen LogP contribution in [0, 0.1) is 11.6 Å². The largest absolute Gasteiger partial charge is 0.493 e. The minimum absolute atomic E-state index is 0.0141. The van der Waals surface area contributed by atoms with E-state index in [4.69, 9.17) is 35.9 Å². The van der Waals surface area contributed by atoms with E-state index in [0.717, 1.165) is 17.8 Å². The standard InChI is InChI=1S/C20H20F2N6O4S/c1-29-13-4-8(5-14(30-2)15(13)31-3)28-17(24)16(33-20(28)25)19-26-18(27-32-19)9-6-12(23)11(22)7-10(9)21/h4-7,20H,23-25H2,1-3H3. The number of nitrogens with two attached hydrogens (primary N) is 3. The Balaban J connectivity index is 1.74. The van der Waals surface area contributed by atoms with Crippen LogP contribution in [0.3, 0.4) is 0 Å². The van der Waals surface area contributed by atoms with Crippen LogP contribution in [-0.2, 0) is 0 Å². The zero-order valence-electron chi connectivity index (χ0n) is 17.8. The highest BCUT2D eigenvalue weighted by atomic mass is 32.2. The zero-order chi connectivity index (χ0) is 23.9. The Kier molecular flexibility index (Phi) is 5.91. The SMILES string of the molecule is COc1cc(N2C(N)=C(c3nc(-c4cc(N)c(F)cc4F)no3)SC2N)cc(OC)c1OC. The van der Waals surface area contributed by atoms with Gasteiger partial charge in [-0.2, -0.15) is 4.98 Å². The molecule has 2 aromatic carbocycles. The van der Waals surface area contributed by atoms with Crippen LogP contribution >= 0.6 is 11.8 Å². The summed E-state index contributed by atoms with van der Waals surface area (Å²) in [5.41, 5.74) is 17.8. The molecule has 1 aromatic heterocycles. The molecule has 0 saturated carbocycles. The summed E-state index contributed by atoms with van der Waals surface area (Å²) in [5, 5.41) is 3.77. The van der Waals surface area contributed by atoms with Crippen LogP contribution in [-0.4, -0.2) is 37.0 Å². The molecule has 174 valence electrons. The molecule has 0 radical (unpaired) electrons. The molecule has 0 spiro atoms. The molecular weight excluding hydrogens is 458 g/mol. The van der Waals surface area contributed by atoms with Gasteiger partial charge in [-0.25, -0.2) is 8.78 Å². The Morgan fingerprint density at radius 1 is 1.00 bits per heavy atom. The van der Waals surface area contributed by atoms with Gasteiger partial charge in [0.15, 0.2) is 11.5 Å². The predicted octanol–water partition coefficient (Wildman–Crippen LogP) is 2.70. The second-order valence-electron chi connectivity index (χ2n) is 6.75. The number of thioether (sulfide) groups is 1. The number of nitrogens with zero attached hydrogens (tertiary/aromatic N) is 3. The lowest BCUT2D eigenvalue weighted by Gasteiger charge is -2.25. The molecule has 1 aliphatic rings. The number of anilines is 2. The minimum Gasteiger partial charge on any atom is -0.493 e. The third-order valence-corrected chi connectivity index (χ3v) is 5.93. The van der Waals surface area contributed by atoms with Crippen molar-refractivity contribution in [1.29, 1.82) is 0 Å². The number of nitrogen functional groups attached to an aromatic ring is 1. The van der Waals surface area contributed by atoms with Gasteiger partial charge < -0.3 is 40.8 Å². The molecule has 1 unspecified atom stereocenters. The maximum atomic E-state index is 14.2. The van der Waals surface area contributed by atoms with Gasteiger partial charge in [-0.1, -0.05) is 16.9 Å². The summed E-state index contributed by atoms with van der Waals surface area (Å²) >= 11 is 1.16. The fourth-order valence-corrected chi connectivity index (χ4v) is 4.28. The second-order valence-corrected chi connectivity index (χ2v) is 7.88. The van der Waals surface area contributed by atoms with Crippen LogP contribution in [0.25, 0.3) is 16.3 Å². The van der Waals surface area contributed by atoms with Crippen molar-refractivity contribution in [3.05, 3.63) is 47.6 Å². The van der Waals surface area contributed by atoms with Gasteiger partial charge in [0.1, 0.15) is 27.9 Å². The number of hydrogen-bond acceptors (Lipinski definition) is 11. The minimum atomic E-state index is -0.884. The van der Waals surface area contributed by atoms with Gasteiger partial charge in [0, 0.05) is 18.2 Å². The maximum absolute atomic E-state index is 14.2. The van der Waals surface area contributed by atoms with Crippen molar-refractivity contribution in [2.75, 3.05) is 32.0 Å². The van der Waals surface area contributed by atoms with E-state index in [1.165, 1.54) is 21.3 Å². The van der Waals surface area contributed by atoms with Crippen LogP contribution in [0.1, 0.15) is 5.89 Å². The van der Waals surface area contributed by atoms with Crippen LogP contribution in [0.2, 0.25) is 0 Å². The first-order valence-electron chi connectivity index (χ1n) is 9.39. The molecule has 33 heavy (non-hydrogen) atoms. The van der Waals surface area contributed by atoms with Crippen molar-refractivity contribution in [3.63, 3.8) is 0 Å². The normalized spacial score (nSPS) is 15.8. The predicted molar refractivity (Wildman–Crippen MR) is 119 cm³/mol. The van der Waals surface area contributed by atoms with E-state index in [1.807, 2.05) is 0 Å². The lowest BCUT2D eigenvalue weighted by Crippen LogP contribution is -2.37. The molecule has 4 rings (SSSR count). The smallest absolute Gasteiger partial charge is 0.268 e. The van der Waals surface area contributed by atoms with Gasteiger partial charge in [0.05, 0.1) is 38.3 Å². The van der Waals surface area contributed by atoms with Gasteiger partial charge in [-0.05, 0) is 6.07 Å². The van der Waals surface area contributed by atoms with Crippen LogP contribution < -0.4 is 36.3 Å². The zero-order valence-corrected chi connectivity index (χ0v) is 18.6. The Bertz CT molecular complexity index is 1230. The Hall–Kier alpha value is -3.71. The van der Waals surface area contributed by atoms with Crippen LogP contribution in [0.15, 0.2) is 34.6 Å². The van der Waals surface area contributed by atoms with Crippen molar-refractivity contribution in [2.45, 2.75) is 5.50 Å².